The highest BCUT2D eigenvalue weighted by molar-refractivity contribution is 9.10. The summed E-state index contributed by atoms with van der Waals surface area (Å²) in [6, 6.07) is 4.74. The summed E-state index contributed by atoms with van der Waals surface area (Å²) < 4.78 is 0.572. The summed E-state index contributed by atoms with van der Waals surface area (Å²) in [5.41, 5.74) is 1.44. The maximum atomic E-state index is 11.8. The van der Waals surface area contributed by atoms with Crippen molar-refractivity contribution in [1.82, 2.24) is 10.3 Å². The summed E-state index contributed by atoms with van der Waals surface area (Å²) in [5, 5.41) is 15.3. The first-order chi connectivity index (χ1) is 9.06. The van der Waals surface area contributed by atoms with Crippen molar-refractivity contribution in [2.75, 3.05) is 6.54 Å². The Morgan fingerprint density at radius 3 is 2.95 bits per heavy atom. The van der Waals surface area contributed by atoms with Gasteiger partial charge >= 0.3 is 0 Å². The Morgan fingerprint density at radius 1 is 1.53 bits per heavy atom. The molecule has 6 heteroatoms. The number of hydrogen-bond acceptors (Lipinski definition) is 4. The first-order valence-electron chi connectivity index (χ1n) is 5.74. The molecule has 0 saturated heterocycles. The van der Waals surface area contributed by atoms with Gasteiger partial charge in [0.25, 0.3) is 5.91 Å². The first kappa shape index (κ1) is 14.0. The van der Waals surface area contributed by atoms with E-state index in [2.05, 4.69) is 26.2 Å². The second-order valence-corrected chi connectivity index (χ2v) is 5.85. The molecular formula is C13H13BrN2O2S. The van der Waals surface area contributed by atoms with E-state index in [0.29, 0.717) is 23.0 Å². The molecule has 0 spiro atoms. The van der Waals surface area contributed by atoms with Crippen molar-refractivity contribution in [3.63, 3.8) is 0 Å². The maximum absolute atomic E-state index is 11.8. The number of aryl methyl sites for hydroxylation is 1. The van der Waals surface area contributed by atoms with Gasteiger partial charge in [0, 0.05) is 29.6 Å². The summed E-state index contributed by atoms with van der Waals surface area (Å²) in [6.45, 7) is 2.48. The number of nitrogens with one attached hydrogen (secondary N) is 1. The number of benzene rings is 1. The summed E-state index contributed by atoms with van der Waals surface area (Å²) in [6.07, 6.45) is 0.715. The van der Waals surface area contributed by atoms with Crippen LogP contribution in [0.4, 0.5) is 0 Å². The molecule has 0 unspecified atom stereocenters. The quantitative estimate of drug-likeness (QED) is 0.899. The van der Waals surface area contributed by atoms with Crippen LogP contribution in [-0.2, 0) is 6.42 Å². The van der Waals surface area contributed by atoms with Crippen LogP contribution in [0.5, 0.6) is 5.75 Å². The van der Waals surface area contributed by atoms with E-state index >= 15 is 0 Å². The summed E-state index contributed by atoms with van der Waals surface area (Å²) >= 11 is 4.77. The molecule has 100 valence electrons. The topological polar surface area (TPSA) is 62.2 Å². The van der Waals surface area contributed by atoms with Gasteiger partial charge in [-0.2, -0.15) is 0 Å². The van der Waals surface area contributed by atoms with Crippen molar-refractivity contribution in [2.24, 2.45) is 0 Å². The zero-order valence-corrected chi connectivity index (χ0v) is 12.7. The largest absolute Gasteiger partial charge is 0.507 e. The number of hydrogen-bond donors (Lipinski definition) is 2. The van der Waals surface area contributed by atoms with Crippen molar-refractivity contribution < 1.29 is 9.90 Å². The molecule has 1 aromatic carbocycles. The molecule has 1 aromatic heterocycles. The fourth-order valence-corrected chi connectivity index (χ4v) is 2.58. The van der Waals surface area contributed by atoms with Gasteiger partial charge in [-0.1, -0.05) is 0 Å². The Hall–Kier alpha value is -1.40. The van der Waals surface area contributed by atoms with Crippen LogP contribution in [0.3, 0.4) is 0 Å². The van der Waals surface area contributed by atoms with E-state index in [1.54, 1.807) is 23.5 Å². The molecule has 0 bridgehead atoms. The number of carbonyl (C=O) groups is 1. The lowest BCUT2D eigenvalue weighted by atomic mass is 10.2. The minimum absolute atomic E-state index is 0.0585. The van der Waals surface area contributed by atoms with Crippen LogP contribution >= 0.6 is 27.3 Å². The fraction of sp³-hybridized carbons (Fsp3) is 0.231. The highest BCUT2D eigenvalue weighted by Crippen LogP contribution is 2.24. The van der Waals surface area contributed by atoms with Crippen LogP contribution in [-0.4, -0.2) is 22.5 Å². The van der Waals surface area contributed by atoms with E-state index < -0.39 is 0 Å². The maximum Gasteiger partial charge on any atom is 0.251 e. The molecule has 1 amide bonds. The zero-order valence-electron chi connectivity index (χ0n) is 10.3. The van der Waals surface area contributed by atoms with Crippen LogP contribution in [0.2, 0.25) is 0 Å². The van der Waals surface area contributed by atoms with Crippen molar-refractivity contribution in [2.45, 2.75) is 13.3 Å². The van der Waals surface area contributed by atoms with E-state index in [-0.39, 0.29) is 11.7 Å². The second kappa shape index (κ2) is 6.16. The lowest BCUT2D eigenvalue weighted by Gasteiger charge is -2.05. The molecule has 1 heterocycles. The molecule has 0 aliphatic heterocycles. The number of phenolic OH excluding ortho intramolecular Hbond substituents is 1. The molecule has 0 fully saturated rings. The lowest BCUT2D eigenvalue weighted by Crippen LogP contribution is -2.25. The molecule has 19 heavy (non-hydrogen) atoms. The lowest BCUT2D eigenvalue weighted by molar-refractivity contribution is 0.0953. The molecule has 0 radical (unpaired) electrons. The van der Waals surface area contributed by atoms with Gasteiger partial charge in [0.2, 0.25) is 0 Å². The molecule has 4 nitrogen and oxygen atoms in total. The molecule has 2 rings (SSSR count). The van der Waals surface area contributed by atoms with Gasteiger partial charge in [0.1, 0.15) is 5.75 Å². The third-order valence-corrected chi connectivity index (χ3v) is 4.20. The van der Waals surface area contributed by atoms with Crippen molar-refractivity contribution in [3.8, 4) is 5.75 Å². The number of phenols is 1. The normalized spacial score (nSPS) is 10.4. The minimum Gasteiger partial charge on any atom is -0.507 e. The van der Waals surface area contributed by atoms with Crippen molar-refractivity contribution in [3.05, 3.63) is 44.3 Å². The predicted molar refractivity (Wildman–Crippen MR) is 78.7 cm³/mol. The van der Waals surface area contributed by atoms with E-state index in [0.717, 1.165) is 10.7 Å². The monoisotopic (exact) mass is 340 g/mol. The number of thiazole rings is 1. The van der Waals surface area contributed by atoms with Crippen molar-refractivity contribution >= 4 is 33.2 Å². The third kappa shape index (κ3) is 3.78. The van der Waals surface area contributed by atoms with Crippen LogP contribution in [0.25, 0.3) is 0 Å². The molecular weight excluding hydrogens is 328 g/mol. The zero-order chi connectivity index (χ0) is 13.8. The standard InChI is InChI=1S/C13H13BrN2O2S/c1-8-7-19-12(16-8)4-5-15-13(18)9-2-3-10(14)11(17)6-9/h2-3,6-7,17H,4-5H2,1H3,(H,15,18). The van der Waals surface area contributed by atoms with Gasteiger partial charge < -0.3 is 10.4 Å². The number of rotatable bonds is 4. The fourth-order valence-electron chi connectivity index (χ4n) is 1.56. The van der Waals surface area contributed by atoms with Gasteiger partial charge in [-0.3, -0.25) is 4.79 Å². The van der Waals surface area contributed by atoms with Crippen LogP contribution in [0.15, 0.2) is 28.1 Å². The Labute approximate surface area is 123 Å². The van der Waals surface area contributed by atoms with Crippen LogP contribution in [0, 0.1) is 6.92 Å². The highest BCUT2D eigenvalue weighted by Gasteiger charge is 2.08. The Morgan fingerprint density at radius 2 is 2.32 bits per heavy atom. The van der Waals surface area contributed by atoms with Crippen LogP contribution < -0.4 is 5.32 Å². The number of carbonyl (C=O) groups excluding carboxylic acids is 1. The minimum atomic E-state index is -0.198. The van der Waals surface area contributed by atoms with E-state index in [4.69, 9.17) is 0 Å². The first-order valence-corrected chi connectivity index (χ1v) is 7.41. The smallest absolute Gasteiger partial charge is 0.251 e. The van der Waals surface area contributed by atoms with E-state index in [9.17, 15) is 9.90 Å². The number of aromatic nitrogens is 1. The van der Waals surface area contributed by atoms with Gasteiger partial charge in [-0.25, -0.2) is 4.98 Å². The molecule has 0 saturated carbocycles. The highest BCUT2D eigenvalue weighted by atomic mass is 79.9. The molecule has 0 atom stereocenters. The molecule has 2 N–H and O–H groups in total. The third-order valence-electron chi connectivity index (χ3n) is 2.50. The average molecular weight is 341 g/mol. The summed E-state index contributed by atoms with van der Waals surface area (Å²) in [5.74, 6) is -0.140. The summed E-state index contributed by atoms with van der Waals surface area (Å²) in [7, 11) is 0. The SMILES string of the molecule is Cc1csc(CCNC(=O)c2ccc(Br)c(O)c2)n1. The summed E-state index contributed by atoms with van der Waals surface area (Å²) in [4.78, 5) is 16.2. The van der Waals surface area contributed by atoms with E-state index in [1.165, 1.54) is 6.07 Å². The second-order valence-electron chi connectivity index (χ2n) is 4.05. The Kier molecular flexibility index (Phi) is 4.55. The Balaban J connectivity index is 1.89. The molecule has 0 aliphatic rings. The van der Waals surface area contributed by atoms with Gasteiger partial charge in [-0.15, -0.1) is 11.3 Å². The van der Waals surface area contributed by atoms with Gasteiger partial charge in [0.15, 0.2) is 0 Å². The number of amides is 1. The number of nitrogens with zero attached hydrogens (tertiary/aromatic N) is 1. The van der Waals surface area contributed by atoms with Crippen molar-refractivity contribution in [1.29, 1.82) is 0 Å². The van der Waals surface area contributed by atoms with Gasteiger partial charge in [-0.05, 0) is 41.1 Å². The van der Waals surface area contributed by atoms with E-state index in [1.807, 2.05) is 12.3 Å². The predicted octanol–water partition coefficient (Wildman–Crippen LogP) is 2.89. The number of aromatic hydroxyl groups is 1. The molecule has 2 aromatic rings. The molecule has 0 aliphatic carbocycles. The Bertz CT molecular complexity index is 598. The van der Waals surface area contributed by atoms with Crippen LogP contribution in [0.1, 0.15) is 21.1 Å². The number of halogens is 1. The van der Waals surface area contributed by atoms with Gasteiger partial charge in [0.05, 0.1) is 9.48 Å². The average Bonchev–Trinajstić information content (AvgIpc) is 2.78.